The Balaban J connectivity index is -0.000000106. The van der Waals surface area contributed by atoms with E-state index in [1.165, 1.54) is 116 Å². The fraction of sp³-hybridized carbons (Fsp3) is 0.957. The summed E-state index contributed by atoms with van der Waals surface area (Å²) in [4.78, 5) is 20.5. The molecule has 0 unspecified atom stereocenters. The Kier molecular flexibility index (Phi) is 97.0. The van der Waals surface area contributed by atoms with Gasteiger partial charge in [0.25, 0.3) is 0 Å². The highest BCUT2D eigenvalue weighted by atomic mass is 16.4. The summed E-state index contributed by atoms with van der Waals surface area (Å²) >= 11 is 0. The van der Waals surface area contributed by atoms with Crippen molar-refractivity contribution < 1.29 is 112 Å². The Morgan fingerprint density at radius 3 is 0.456 bits per heavy atom. The van der Waals surface area contributed by atoms with Gasteiger partial charge in [-0.25, -0.2) is 0 Å². The number of aliphatic carboxylic acids is 2. The molecule has 20 N–H and O–H groups in total. The first-order valence-corrected chi connectivity index (χ1v) is 24.2. The number of carbonyl (C=O) groups is 2. The molecule has 0 aliphatic rings. The molecule has 0 spiro atoms. The van der Waals surface area contributed by atoms with Gasteiger partial charge >= 0.3 is 11.9 Å². The average molecular weight is 1010 g/mol. The van der Waals surface area contributed by atoms with Gasteiger partial charge in [0.1, 0.15) is 36.6 Å². The fourth-order valence-electron chi connectivity index (χ4n) is 4.23. The van der Waals surface area contributed by atoms with Gasteiger partial charge in [-0.2, -0.15) is 0 Å². The molecule has 0 aromatic rings. The molecule has 0 aromatic carbocycles. The molecule has 0 heterocycles. The van der Waals surface area contributed by atoms with Crippen molar-refractivity contribution in [2.45, 2.75) is 205 Å². The van der Waals surface area contributed by atoms with Crippen LogP contribution >= 0.6 is 0 Å². The van der Waals surface area contributed by atoms with Gasteiger partial charge in [-0.1, -0.05) is 142 Å². The second-order valence-corrected chi connectivity index (χ2v) is 15.5. The summed E-state index contributed by atoms with van der Waals surface area (Å²) in [6.07, 6.45) is 23.0. The van der Waals surface area contributed by atoms with Crippen molar-refractivity contribution in [2.24, 2.45) is 0 Å². The Bertz CT molecular complexity index is 714. The Morgan fingerprint density at radius 1 is 0.250 bits per heavy atom. The average Bonchev–Trinajstić information content (AvgIpc) is 3.36. The maximum Gasteiger partial charge on any atom is 0.303 e. The number of carboxylic acids is 2. The van der Waals surface area contributed by atoms with Crippen LogP contribution in [-0.4, -0.2) is 230 Å². The highest BCUT2D eigenvalue weighted by Gasteiger charge is 2.00. The van der Waals surface area contributed by atoms with Crippen LogP contribution < -0.4 is 0 Å². The van der Waals surface area contributed by atoms with Crippen LogP contribution in [0.5, 0.6) is 0 Å². The first-order valence-electron chi connectivity index (χ1n) is 24.2. The molecule has 22 nitrogen and oxygen atoms in total. The molecular formula is C46H104O22. The van der Waals surface area contributed by atoms with Crippen molar-refractivity contribution in [1.29, 1.82) is 0 Å². The molecule has 68 heavy (non-hydrogen) atoms. The highest BCUT2D eigenvalue weighted by Crippen LogP contribution is 2.13. The van der Waals surface area contributed by atoms with Crippen molar-refractivity contribution in [3.63, 3.8) is 0 Å². The summed E-state index contributed by atoms with van der Waals surface area (Å²) in [5.41, 5.74) is 0. The first kappa shape index (κ1) is 83.1. The summed E-state index contributed by atoms with van der Waals surface area (Å²) in [6.45, 7) is 0.119. The number of hydrogen-bond acceptors (Lipinski definition) is 20. The second-order valence-electron chi connectivity index (χ2n) is 15.5. The smallest absolute Gasteiger partial charge is 0.303 e. The fourth-order valence-corrected chi connectivity index (χ4v) is 4.23. The van der Waals surface area contributed by atoms with Crippen molar-refractivity contribution >= 4 is 11.9 Å². The predicted octanol–water partition coefficient (Wildman–Crippen LogP) is -0.464. The lowest BCUT2D eigenvalue weighted by atomic mass is 10.1. The van der Waals surface area contributed by atoms with Crippen molar-refractivity contribution in [3.8, 4) is 0 Å². The number of aliphatic hydroxyl groups is 18. The molecule has 0 bridgehead atoms. The van der Waals surface area contributed by atoms with Gasteiger partial charge in [-0.05, 0) is 12.8 Å². The summed E-state index contributed by atoms with van der Waals surface area (Å²) in [7, 11) is 0. The van der Waals surface area contributed by atoms with Gasteiger partial charge in [0.2, 0.25) is 0 Å². The van der Waals surface area contributed by atoms with Gasteiger partial charge in [0, 0.05) is 12.8 Å². The summed E-state index contributed by atoms with van der Waals surface area (Å²) in [6, 6.07) is 0. The zero-order valence-electron chi connectivity index (χ0n) is 41.7. The SMILES string of the molecule is CCCCCCCCCCCCCC(=O)O.CCCCCCCCCCCCCC(=O)O.OCC(O)CO.OCC(O)CO.OCC(O)CO.OCC(O)CO.OCC(O)CO.OCC(O)CO. The number of unbranched alkanes of at least 4 members (excludes halogenated alkanes) is 20. The Hall–Kier alpha value is -1.78. The van der Waals surface area contributed by atoms with Gasteiger partial charge < -0.3 is 102 Å². The third-order valence-electron chi connectivity index (χ3n) is 8.52. The lowest BCUT2D eigenvalue weighted by molar-refractivity contribution is -0.138. The van der Waals surface area contributed by atoms with Crippen molar-refractivity contribution in [1.82, 2.24) is 0 Å². The third-order valence-corrected chi connectivity index (χ3v) is 8.52. The lowest BCUT2D eigenvalue weighted by Gasteiger charge is -2.01. The van der Waals surface area contributed by atoms with Gasteiger partial charge in [0.05, 0.1) is 79.3 Å². The maximum absolute atomic E-state index is 10.3. The van der Waals surface area contributed by atoms with Crippen LogP contribution in [0.25, 0.3) is 0 Å². The molecule has 0 atom stereocenters. The van der Waals surface area contributed by atoms with E-state index >= 15 is 0 Å². The van der Waals surface area contributed by atoms with E-state index in [2.05, 4.69) is 13.8 Å². The molecule has 0 aliphatic heterocycles. The zero-order chi connectivity index (χ0) is 54.1. The first-order chi connectivity index (χ1) is 32.4. The molecule has 0 radical (unpaired) electrons. The minimum atomic E-state index is -0.954. The Morgan fingerprint density at radius 2 is 0.368 bits per heavy atom. The topological polar surface area (TPSA) is 439 Å². The van der Waals surface area contributed by atoms with Gasteiger partial charge in [-0.15, -0.1) is 0 Å². The number of carboxylic acid groups (broad SMARTS) is 2. The molecular weight excluding hydrogens is 904 g/mol. The minimum absolute atomic E-state index is 0.344. The molecule has 0 aliphatic carbocycles. The highest BCUT2D eigenvalue weighted by molar-refractivity contribution is 5.66. The monoisotopic (exact) mass is 1010 g/mol. The van der Waals surface area contributed by atoms with Crippen LogP contribution in [0, 0.1) is 0 Å². The molecule has 0 aromatic heterocycles. The summed E-state index contributed by atoms with van der Waals surface area (Å²) in [5.74, 6) is -1.31. The lowest BCUT2D eigenvalue weighted by Crippen LogP contribution is -2.15. The van der Waals surface area contributed by atoms with E-state index in [1.54, 1.807) is 0 Å². The second kappa shape index (κ2) is 79.4. The number of aliphatic hydroxyl groups excluding tert-OH is 18. The van der Waals surface area contributed by atoms with Crippen LogP contribution in [0.15, 0.2) is 0 Å². The van der Waals surface area contributed by atoms with E-state index in [4.69, 9.17) is 102 Å². The van der Waals surface area contributed by atoms with E-state index in [1.807, 2.05) is 0 Å². The summed E-state index contributed by atoms with van der Waals surface area (Å²) in [5, 5.41) is 161. The van der Waals surface area contributed by atoms with E-state index in [9.17, 15) is 9.59 Å². The molecule has 0 saturated carbocycles. The van der Waals surface area contributed by atoms with Crippen molar-refractivity contribution in [2.75, 3.05) is 79.3 Å². The molecule has 22 heteroatoms. The quantitative estimate of drug-likeness (QED) is 0.0353. The van der Waals surface area contributed by atoms with Gasteiger partial charge in [0.15, 0.2) is 0 Å². The maximum atomic E-state index is 10.3. The van der Waals surface area contributed by atoms with Crippen LogP contribution in [0.1, 0.15) is 168 Å². The van der Waals surface area contributed by atoms with E-state index in [0.717, 1.165) is 25.7 Å². The number of rotatable bonds is 36. The molecule has 0 saturated heterocycles. The standard InChI is InChI=1S/2C14H28O2.6C3H8O3/c2*1-2-3-4-5-6-7-8-9-10-11-12-13-14(15)16;6*4-1-3(6)2-5/h2*2-13H2,1H3,(H,15,16);6*3-6H,1-2H2. The summed E-state index contributed by atoms with van der Waals surface area (Å²) < 4.78 is 0. The molecule has 0 rings (SSSR count). The molecule has 420 valence electrons. The van der Waals surface area contributed by atoms with E-state index < -0.39 is 48.6 Å². The largest absolute Gasteiger partial charge is 0.481 e. The number of hydrogen-bond donors (Lipinski definition) is 20. The van der Waals surface area contributed by atoms with Crippen LogP contribution in [0.2, 0.25) is 0 Å². The third kappa shape index (κ3) is 110. The van der Waals surface area contributed by atoms with Crippen molar-refractivity contribution in [3.05, 3.63) is 0 Å². The van der Waals surface area contributed by atoms with Crippen LogP contribution in [-0.2, 0) is 9.59 Å². The molecule has 0 fully saturated rings. The van der Waals surface area contributed by atoms with E-state index in [0.29, 0.717) is 12.8 Å². The van der Waals surface area contributed by atoms with Crippen LogP contribution in [0.4, 0.5) is 0 Å². The molecule has 0 amide bonds. The minimum Gasteiger partial charge on any atom is -0.481 e. The predicted molar refractivity (Wildman–Crippen MR) is 258 cm³/mol. The normalized spacial score (nSPS) is 10.3. The van der Waals surface area contributed by atoms with Gasteiger partial charge in [-0.3, -0.25) is 9.59 Å². The zero-order valence-corrected chi connectivity index (χ0v) is 41.7. The van der Waals surface area contributed by atoms with E-state index in [-0.39, 0.29) is 79.3 Å². The Labute approximate surface area is 406 Å². The van der Waals surface area contributed by atoms with Crippen LogP contribution in [0.3, 0.4) is 0 Å².